The van der Waals surface area contributed by atoms with Gasteiger partial charge in [-0.1, -0.05) is 17.7 Å². The minimum absolute atomic E-state index is 0.293. The third kappa shape index (κ3) is 3.14. The molecule has 1 N–H and O–H groups in total. The van der Waals surface area contributed by atoms with Crippen molar-refractivity contribution in [2.75, 3.05) is 5.32 Å². The second-order valence-corrected chi connectivity index (χ2v) is 5.76. The molecule has 1 atom stereocenters. The lowest BCUT2D eigenvalue weighted by molar-refractivity contribution is -0.137. The minimum atomic E-state index is -4.47. The molecule has 1 aromatic carbocycles. The quantitative estimate of drug-likeness (QED) is 0.762. The van der Waals surface area contributed by atoms with Crippen molar-refractivity contribution in [1.29, 1.82) is 0 Å². The summed E-state index contributed by atoms with van der Waals surface area (Å²) in [5.41, 5.74) is 0.518. The highest BCUT2D eigenvalue weighted by Gasteiger charge is 2.33. The summed E-state index contributed by atoms with van der Waals surface area (Å²) in [6.07, 6.45) is -3.09. The Morgan fingerprint density at radius 2 is 2.00 bits per heavy atom. The lowest BCUT2D eigenvalue weighted by atomic mass is 10.1. The first kappa shape index (κ1) is 16.5. The largest absolute Gasteiger partial charge is 0.417 e. The minimum Gasteiger partial charge on any atom is -0.363 e. The molecule has 2 heterocycles. The van der Waals surface area contributed by atoms with Crippen molar-refractivity contribution < 1.29 is 13.2 Å². The van der Waals surface area contributed by atoms with E-state index in [-0.39, 0.29) is 11.1 Å². The van der Waals surface area contributed by atoms with Crippen molar-refractivity contribution in [2.45, 2.75) is 26.1 Å². The Morgan fingerprint density at radius 1 is 1.25 bits per heavy atom. The van der Waals surface area contributed by atoms with Crippen LogP contribution in [0.5, 0.6) is 0 Å². The molecule has 0 saturated heterocycles. The number of alkyl halides is 3. The number of nitrogens with zero attached hydrogens (tertiary/aromatic N) is 4. The molecule has 0 radical (unpaired) electrons. The van der Waals surface area contributed by atoms with Gasteiger partial charge in [0.25, 0.3) is 5.78 Å². The molecule has 0 spiro atoms. The molecule has 3 aromatic rings. The van der Waals surface area contributed by atoms with E-state index in [2.05, 4.69) is 20.4 Å². The second kappa shape index (κ2) is 5.94. The number of halogens is 4. The highest BCUT2D eigenvalue weighted by molar-refractivity contribution is 6.31. The first-order valence-electron chi connectivity index (χ1n) is 7.06. The third-order valence-corrected chi connectivity index (χ3v) is 3.86. The summed E-state index contributed by atoms with van der Waals surface area (Å²) in [5.74, 6) is 1.08. The molecule has 0 saturated carbocycles. The Hall–Kier alpha value is -2.35. The SMILES string of the molecule is Cc1cc(N[C@H](C)c2ccc(C(F)(F)F)c(Cl)c2)n2ncnc2n1. The van der Waals surface area contributed by atoms with E-state index in [1.165, 1.54) is 23.0 Å². The second-order valence-electron chi connectivity index (χ2n) is 5.36. The van der Waals surface area contributed by atoms with Crippen LogP contribution < -0.4 is 5.32 Å². The average molecular weight is 356 g/mol. The van der Waals surface area contributed by atoms with Crippen LogP contribution in [0.3, 0.4) is 0 Å². The first-order chi connectivity index (χ1) is 11.3. The van der Waals surface area contributed by atoms with Crippen LogP contribution in [0, 0.1) is 6.92 Å². The van der Waals surface area contributed by atoms with E-state index in [0.29, 0.717) is 17.2 Å². The van der Waals surface area contributed by atoms with Crippen LogP contribution in [0.1, 0.15) is 29.8 Å². The van der Waals surface area contributed by atoms with Crippen LogP contribution in [0.15, 0.2) is 30.6 Å². The number of anilines is 1. The molecule has 5 nitrogen and oxygen atoms in total. The maximum absolute atomic E-state index is 12.8. The summed E-state index contributed by atoms with van der Waals surface area (Å²) < 4.78 is 39.9. The van der Waals surface area contributed by atoms with E-state index in [1.807, 2.05) is 13.8 Å². The monoisotopic (exact) mass is 355 g/mol. The zero-order chi connectivity index (χ0) is 17.5. The maximum atomic E-state index is 12.8. The fraction of sp³-hybridized carbons (Fsp3) is 0.267. The zero-order valence-electron chi connectivity index (χ0n) is 12.8. The molecular formula is C15H13ClF3N5. The smallest absolute Gasteiger partial charge is 0.363 e. The first-order valence-corrected chi connectivity index (χ1v) is 7.44. The van der Waals surface area contributed by atoms with Crippen molar-refractivity contribution in [1.82, 2.24) is 19.6 Å². The molecule has 0 bridgehead atoms. The summed E-state index contributed by atoms with van der Waals surface area (Å²) in [6.45, 7) is 3.64. The Morgan fingerprint density at radius 3 is 2.67 bits per heavy atom. The van der Waals surface area contributed by atoms with Gasteiger partial charge in [0.1, 0.15) is 12.1 Å². The predicted molar refractivity (Wildman–Crippen MR) is 84.0 cm³/mol. The van der Waals surface area contributed by atoms with E-state index in [9.17, 15) is 13.2 Å². The summed E-state index contributed by atoms with van der Waals surface area (Å²) in [4.78, 5) is 8.26. The van der Waals surface area contributed by atoms with Gasteiger partial charge in [-0.05, 0) is 31.5 Å². The number of hydrogen-bond acceptors (Lipinski definition) is 4. The molecule has 126 valence electrons. The molecule has 2 aromatic heterocycles. The summed E-state index contributed by atoms with van der Waals surface area (Å²) in [7, 11) is 0. The van der Waals surface area contributed by atoms with E-state index in [0.717, 1.165) is 11.8 Å². The highest BCUT2D eigenvalue weighted by Crippen LogP contribution is 2.36. The summed E-state index contributed by atoms with van der Waals surface area (Å²) in [5, 5.41) is 6.94. The number of aryl methyl sites for hydroxylation is 1. The number of rotatable bonds is 3. The highest BCUT2D eigenvalue weighted by atomic mass is 35.5. The van der Waals surface area contributed by atoms with Crippen molar-refractivity contribution in [2.24, 2.45) is 0 Å². The number of fused-ring (bicyclic) bond motifs is 1. The normalized spacial score (nSPS) is 13.2. The van der Waals surface area contributed by atoms with Crippen LogP contribution in [0.2, 0.25) is 5.02 Å². The zero-order valence-corrected chi connectivity index (χ0v) is 13.5. The topological polar surface area (TPSA) is 55.1 Å². The predicted octanol–water partition coefficient (Wildman–Crippen LogP) is 4.28. The molecule has 0 aliphatic rings. The Kier molecular flexibility index (Phi) is 4.08. The van der Waals surface area contributed by atoms with Gasteiger partial charge >= 0.3 is 6.18 Å². The lowest BCUT2D eigenvalue weighted by Crippen LogP contribution is -2.12. The maximum Gasteiger partial charge on any atom is 0.417 e. The van der Waals surface area contributed by atoms with Crippen LogP contribution in [0.4, 0.5) is 19.0 Å². The molecule has 9 heteroatoms. The van der Waals surface area contributed by atoms with Crippen molar-refractivity contribution in [3.8, 4) is 0 Å². The standard InChI is InChI=1S/C15H13ClF3N5/c1-8-5-13(24-14(22-8)20-7-21-24)23-9(2)10-3-4-11(12(16)6-10)15(17,18)19/h3-7,9,23H,1-2H3/t9-/m1/s1. The number of aromatic nitrogens is 4. The Balaban J connectivity index is 1.91. The molecule has 0 fully saturated rings. The van der Waals surface area contributed by atoms with Crippen LogP contribution in [-0.4, -0.2) is 19.6 Å². The molecule has 0 aliphatic carbocycles. The van der Waals surface area contributed by atoms with Crippen molar-refractivity contribution >= 4 is 23.2 Å². The molecule has 24 heavy (non-hydrogen) atoms. The van der Waals surface area contributed by atoms with Gasteiger partial charge in [-0.15, -0.1) is 0 Å². The van der Waals surface area contributed by atoms with Gasteiger partial charge in [0, 0.05) is 17.8 Å². The average Bonchev–Trinajstić information content (AvgIpc) is 2.94. The van der Waals surface area contributed by atoms with E-state index < -0.39 is 11.7 Å². The van der Waals surface area contributed by atoms with Gasteiger partial charge < -0.3 is 5.32 Å². The summed E-state index contributed by atoms with van der Waals surface area (Å²) in [6, 6.07) is 5.19. The Bertz CT molecular complexity index is 890. The van der Waals surface area contributed by atoms with Gasteiger partial charge in [-0.3, -0.25) is 0 Å². The summed E-state index contributed by atoms with van der Waals surface area (Å²) >= 11 is 5.78. The lowest BCUT2D eigenvalue weighted by Gasteiger charge is -2.18. The van der Waals surface area contributed by atoms with Gasteiger partial charge in [0.05, 0.1) is 10.6 Å². The number of benzene rings is 1. The van der Waals surface area contributed by atoms with Crippen LogP contribution in [-0.2, 0) is 6.18 Å². The van der Waals surface area contributed by atoms with Gasteiger partial charge in [0.2, 0.25) is 0 Å². The van der Waals surface area contributed by atoms with Crippen LogP contribution in [0.25, 0.3) is 5.78 Å². The fourth-order valence-electron chi connectivity index (χ4n) is 2.37. The Labute approximate surface area is 140 Å². The van der Waals surface area contributed by atoms with Gasteiger partial charge in [-0.25, -0.2) is 4.98 Å². The number of nitrogens with one attached hydrogen (secondary N) is 1. The van der Waals surface area contributed by atoms with E-state index in [1.54, 1.807) is 6.07 Å². The molecular weight excluding hydrogens is 343 g/mol. The van der Waals surface area contributed by atoms with Gasteiger partial charge in [-0.2, -0.15) is 27.8 Å². The molecule has 0 unspecified atom stereocenters. The van der Waals surface area contributed by atoms with Crippen LogP contribution >= 0.6 is 11.6 Å². The van der Waals surface area contributed by atoms with Crippen molar-refractivity contribution in [3.63, 3.8) is 0 Å². The molecule has 0 amide bonds. The fourth-order valence-corrected chi connectivity index (χ4v) is 2.67. The van der Waals surface area contributed by atoms with E-state index in [4.69, 9.17) is 11.6 Å². The van der Waals surface area contributed by atoms with E-state index >= 15 is 0 Å². The third-order valence-electron chi connectivity index (χ3n) is 3.54. The van der Waals surface area contributed by atoms with Crippen molar-refractivity contribution in [3.05, 3.63) is 52.4 Å². The number of hydrogen-bond donors (Lipinski definition) is 1. The molecule has 0 aliphatic heterocycles. The molecule has 3 rings (SSSR count). The van der Waals surface area contributed by atoms with Gasteiger partial charge in [0.15, 0.2) is 0 Å².